The number of nitrogens with one attached hydrogen (secondary N) is 1. The van der Waals surface area contributed by atoms with Gasteiger partial charge in [-0.2, -0.15) is 0 Å². The number of nitro benzene ring substituents is 1. The molecule has 0 atom stereocenters. The van der Waals surface area contributed by atoms with E-state index in [1.807, 2.05) is 13.8 Å². The van der Waals surface area contributed by atoms with Crippen molar-refractivity contribution in [2.24, 2.45) is 0 Å². The van der Waals surface area contributed by atoms with Crippen molar-refractivity contribution in [2.45, 2.75) is 45.3 Å². The van der Waals surface area contributed by atoms with Crippen LogP contribution in [0, 0.1) is 10.1 Å². The fourth-order valence-electron chi connectivity index (χ4n) is 2.42. The Balaban J connectivity index is 1.75. The molecule has 0 radical (unpaired) electrons. The molecule has 1 saturated carbocycles. The molecule has 3 rings (SSSR count). The smallest absolute Gasteiger partial charge is 0.270 e. The van der Waals surface area contributed by atoms with E-state index in [4.69, 9.17) is 16.6 Å². The highest BCUT2D eigenvalue weighted by Crippen LogP contribution is 2.29. The van der Waals surface area contributed by atoms with Gasteiger partial charge in [0.25, 0.3) is 5.69 Å². The SMILES string of the molecule is CC(C)NC(=S)N(Cc1nnc(-c2cccc([N+](=O)[O-])c2)o1)C1CC1. The second-order valence-corrected chi connectivity index (χ2v) is 6.66. The summed E-state index contributed by atoms with van der Waals surface area (Å²) in [6.07, 6.45) is 2.18. The predicted molar refractivity (Wildman–Crippen MR) is 95.8 cm³/mol. The zero-order valence-electron chi connectivity index (χ0n) is 14.0. The minimum absolute atomic E-state index is 0.0147. The number of thiocarbonyl (C=S) groups is 1. The van der Waals surface area contributed by atoms with Crippen LogP contribution < -0.4 is 5.32 Å². The summed E-state index contributed by atoms with van der Waals surface area (Å²) in [6, 6.07) is 6.78. The Morgan fingerprint density at radius 1 is 1.48 bits per heavy atom. The maximum Gasteiger partial charge on any atom is 0.270 e. The van der Waals surface area contributed by atoms with Gasteiger partial charge in [0.05, 0.1) is 11.5 Å². The molecule has 1 fully saturated rings. The first-order valence-corrected chi connectivity index (χ1v) is 8.49. The van der Waals surface area contributed by atoms with Gasteiger partial charge in [0.15, 0.2) is 5.11 Å². The zero-order chi connectivity index (χ0) is 18.0. The molecule has 1 aliphatic carbocycles. The summed E-state index contributed by atoms with van der Waals surface area (Å²) < 4.78 is 5.69. The van der Waals surface area contributed by atoms with Crippen LogP contribution in [0.5, 0.6) is 0 Å². The Kier molecular flexibility index (Phi) is 4.93. The Bertz CT molecular complexity index is 788. The number of benzene rings is 1. The lowest BCUT2D eigenvalue weighted by Crippen LogP contribution is -2.43. The molecular weight excluding hydrogens is 342 g/mol. The highest BCUT2D eigenvalue weighted by atomic mass is 32.1. The number of hydrogen-bond acceptors (Lipinski definition) is 6. The fourth-order valence-corrected chi connectivity index (χ4v) is 2.86. The topological polar surface area (TPSA) is 97.3 Å². The first-order valence-electron chi connectivity index (χ1n) is 8.08. The van der Waals surface area contributed by atoms with E-state index in [1.165, 1.54) is 12.1 Å². The normalized spacial score (nSPS) is 13.7. The molecule has 1 aromatic heterocycles. The third-order valence-electron chi connectivity index (χ3n) is 3.74. The highest BCUT2D eigenvalue weighted by Gasteiger charge is 2.32. The van der Waals surface area contributed by atoms with E-state index in [0.717, 1.165) is 12.8 Å². The summed E-state index contributed by atoms with van der Waals surface area (Å²) in [7, 11) is 0. The summed E-state index contributed by atoms with van der Waals surface area (Å²) in [6.45, 7) is 4.49. The molecule has 2 aromatic rings. The van der Waals surface area contributed by atoms with E-state index >= 15 is 0 Å². The average Bonchev–Trinajstić information content (AvgIpc) is 3.29. The first kappa shape index (κ1) is 17.3. The van der Waals surface area contributed by atoms with Crippen molar-refractivity contribution >= 4 is 23.0 Å². The van der Waals surface area contributed by atoms with Gasteiger partial charge in [-0.05, 0) is 45.0 Å². The van der Waals surface area contributed by atoms with Gasteiger partial charge < -0.3 is 14.6 Å². The van der Waals surface area contributed by atoms with Gasteiger partial charge in [0.2, 0.25) is 11.8 Å². The standard InChI is InChI=1S/C16H19N5O3S/c1-10(2)17-16(25)20(12-6-7-12)9-14-18-19-15(24-14)11-4-3-5-13(8-11)21(22)23/h3-5,8,10,12H,6-7,9H2,1-2H3,(H,17,25). The molecule has 1 aliphatic rings. The first-order chi connectivity index (χ1) is 11.9. The van der Waals surface area contributed by atoms with Gasteiger partial charge in [-0.3, -0.25) is 10.1 Å². The van der Waals surface area contributed by atoms with Gasteiger partial charge in [-0.1, -0.05) is 6.07 Å². The van der Waals surface area contributed by atoms with Gasteiger partial charge in [0.1, 0.15) is 0 Å². The summed E-state index contributed by atoms with van der Waals surface area (Å²) in [5.41, 5.74) is 0.507. The van der Waals surface area contributed by atoms with Crippen molar-refractivity contribution in [1.82, 2.24) is 20.4 Å². The molecule has 1 N–H and O–H groups in total. The average molecular weight is 361 g/mol. The van der Waals surface area contributed by atoms with Gasteiger partial charge >= 0.3 is 0 Å². The summed E-state index contributed by atoms with van der Waals surface area (Å²) in [4.78, 5) is 12.5. The Hall–Kier alpha value is -2.55. The third kappa shape index (κ3) is 4.30. The molecule has 132 valence electrons. The molecule has 1 heterocycles. The van der Waals surface area contributed by atoms with Crippen LogP contribution in [0.25, 0.3) is 11.5 Å². The molecule has 0 unspecified atom stereocenters. The Morgan fingerprint density at radius 3 is 2.88 bits per heavy atom. The second-order valence-electron chi connectivity index (χ2n) is 6.27. The highest BCUT2D eigenvalue weighted by molar-refractivity contribution is 7.80. The quantitative estimate of drug-likeness (QED) is 0.476. The van der Waals surface area contributed by atoms with Crippen molar-refractivity contribution in [3.8, 4) is 11.5 Å². The third-order valence-corrected chi connectivity index (χ3v) is 4.09. The van der Waals surface area contributed by atoms with Crippen LogP contribution in [0.1, 0.15) is 32.6 Å². The van der Waals surface area contributed by atoms with Crippen LogP contribution in [-0.4, -0.2) is 37.2 Å². The van der Waals surface area contributed by atoms with Gasteiger partial charge in [0, 0.05) is 29.8 Å². The Labute approximate surface area is 150 Å². The van der Waals surface area contributed by atoms with Crippen molar-refractivity contribution in [1.29, 1.82) is 0 Å². The summed E-state index contributed by atoms with van der Waals surface area (Å²) in [5, 5.41) is 22.9. The van der Waals surface area contributed by atoms with E-state index in [0.29, 0.717) is 29.2 Å². The molecule has 0 bridgehead atoms. The predicted octanol–water partition coefficient (Wildman–Crippen LogP) is 2.89. The molecular formula is C16H19N5O3S. The lowest BCUT2D eigenvalue weighted by molar-refractivity contribution is -0.384. The maximum atomic E-state index is 10.9. The number of aromatic nitrogens is 2. The van der Waals surface area contributed by atoms with Crippen LogP contribution in [0.2, 0.25) is 0 Å². The van der Waals surface area contributed by atoms with Crippen molar-refractivity contribution in [3.63, 3.8) is 0 Å². The summed E-state index contributed by atoms with van der Waals surface area (Å²) >= 11 is 5.46. The van der Waals surface area contributed by atoms with Gasteiger partial charge in [-0.25, -0.2) is 0 Å². The van der Waals surface area contributed by atoms with E-state index in [1.54, 1.807) is 12.1 Å². The zero-order valence-corrected chi connectivity index (χ0v) is 14.8. The van der Waals surface area contributed by atoms with Crippen molar-refractivity contribution in [3.05, 3.63) is 40.3 Å². The van der Waals surface area contributed by atoms with Crippen LogP contribution in [0.3, 0.4) is 0 Å². The molecule has 25 heavy (non-hydrogen) atoms. The molecule has 1 aromatic carbocycles. The monoisotopic (exact) mass is 361 g/mol. The van der Waals surface area contributed by atoms with Crippen LogP contribution >= 0.6 is 12.2 Å². The Morgan fingerprint density at radius 2 is 2.24 bits per heavy atom. The number of hydrogen-bond donors (Lipinski definition) is 1. The van der Waals surface area contributed by atoms with Crippen LogP contribution in [0.15, 0.2) is 28.7 Å². The lowest BCUT2D eigenvalue weighted by atomic mass is 10.2. The number of rotatable bonds is 6. The molecule has 0 saturated heterocycles. The van der Waals surface area contributed by atoms with Crippen LogP contribution in [0.4, 0.5) is 5.69 Å². The van der Waals surface area contributed by atoms with Crippen LogP contribution in [-0.2, 0) is 6.54 Å². The molecule has 0 amide bonds. The minimum Gasteiger partial charge on any atom is -0.419 e. The van der Waals surface area contributed by atoms with E-state index in [9.17, 15) is 10.1 Å². The van der Waals surface area contributed by atoms with E-state index in [2.05, 4.69) is 20.4 Å². The molecule has 0 aliphatic heterocycles. The molecule has 0 spiro atoms. The minimum atomic E-state index is -0.453. The van der Waals surface area contributed by atoms with Gasteiger partial charge in [-0.15, -0.1) is 10.2 Å². The van der Waals surface area contributed by atoms with Crippen molar-refractivity contribution in [2.75, 3.05) is 0 Å². The van der Waals surface area contributed by atoms with E-state index < -0.39 is 4.92 Å². The largest absolute Gasteiger partial charge is 0.419 e. The van der Waals surface area contributed by atoms with E-state index in [-0.39, 0.29) is 17.6 Å². The number of nitrogens with zero attached hydrogens (tertiary/aromatic N) is 4. The molecule has 8 nitrogen and oxygen atoms in total. The fraction of sp³-hybridized carbons (Fsp3) is 0.438. The molecule has 9 heteroatoms. The lowest BCUT2D eigenvalue weighted by Gasteiger charge is -2.25. The summed E-state index contributed by atoms with van der Waals surface area (Å²) in [5.74, 6) is 0.693. The number of nitro groups is 1. The maximum absolute atomic E-state index is 10.9. The second kappa shape index (κ2) is 7.14. The number of non-ortho nitro benzene ring substituents is 1. The van der Waals surface area contributed by atoms with Crippen molar-refractivity contribution < 1.29 is 9.34 Å².